The van der Waals surface area contributed by atoms with Gasteiger partial charge in [-0.25, -0.2) is 9.67 Å². The van der Waals surface area contributed by atoms with Crippen LogP contribution in [0.2, 0.25) is 0 Å². The van der Waals surface area contributed by atoms with Crippen molar-refractivity contribution in [2.24, 2.45) is 0 Å². The van der Waals surface area contributed by atoms with Crippen molar-refractivity contribution in [1.29, 1.82) is 0 Å². The Morgan fingerprint density at radius 2 is 1.85 bits per heavy atom. The van der Waals surface area contributed by atoms with E-state index in [1.54, 1.807) is 23.1 Å². The molecular formula is C15H18N4O. The van der Waals surface area contributed by atoms with E-state index in [2.05, 4.69) is 10.1 Å². The molecule has 104 valence electrons. The first-order valence-electron chi connectivity index (χ1n) is 7.10. The normalized spacial score (nSPS) is 15.9. The molecule has 1 aliphatic heterocycles. The summed E-state index contributed by atoms with van der Waals surface area (Å²) in [7, 11) is 0. The summed E-state index contributed by atoms with van der Waals surface area (Å²) in [5, 5.41) is 4.18. The monoisotopic (exact) mass is 270 g/mol. The van der Waals surface area contributed by atoms with Gasteiger partial charge in [-0.15, -0.1) is 0 Å². The molecule has 2 aromatic rings. The smallest absolute Gasteiger partial charge is 0.257 e. The molecule has 0 aromatic carbocycles. The largest absolute Gasteiger partial charge is 0.339 e. The van der Waals surface area contributed by atoms with Crippen LogP contribution in [-0.4, -0.2) is 38.7 Å². The number of likely N-dealkylation sites (tertiary alicyclic amines) is 1. The Morgan fingerprint density at radius 1 is 1.05 bits per heavy atom. The standard InChI is InChI=1S/C15H18N4O/c20-15(18-10-3-1-2-4-11-18)13-7-5-8-16-14(13)19-12-6-9-17-19/h5-9,12H,1-4,10-11H2. The molecule has 20 heavy (non-hydrogen) atoms. The van der Waals surface area contributed by atoms with Crippen LogP contribution < -0.4 is 0 Å². The molecule has 0 unspecified atom stereocenters. The fourth-order valence-corrected chi connectivity index (χ4v) is 2.58. The highest BCUT2D eigenvalue weighted by atomic mass is 16.2. The molecule has 5 nitrogen and oxygen atoms in total. The van der Waals surface area contributed by atoms with Gasteiger partial charge in [-0.2, -0.15) is 5.10 Å². The third kappa shape index (κ3) is 2.57. The van der Waals surface area contributed by atoms with Gasteiger partial charge < -0.3 is 4.90 Å². The van der Waals surface area contributed by atoms with Crippen molar-refractivity contribution in [2.75, 3.05) is 13.1 Å². The quantitative estimate of drug-likeness (QED) is 0.841. The fraction of sp³-hybridized carbons (Fsp3) is 0.400. The number of hydrogen-bond acceptors (Lipinski definition) is 3. The van der Waals surface area contributed by atoms with Crippen LogP contribution in [0.3, 0.4) is 0 Å². The minimum atomic E-state index is 0.0606. The molecule has 3 heterocycles. The lowest BCUT2D eigenvalue weighted by Crippen LogP contribution is -2.32. The number of rotatable bonds is 2. The van der Waals surface area contributed by atoms with E-state index in [1.165, 1.54) is 12.8 Å². The molecule has 2 aromatic heterocycles. The molecule has 5 heteroatoms. The van der Waals surface area contributed by atoms with Crippen LogP contribution in [0.1, 0.15) is 36.0 Å². The summed E-state index contributed by atoms with van der Waals surface area (Å²) < 4.78 is 1.64. The second-order valence-electron chi connectivity index (χ2n) is 5.03. The van der Waals surface area contributed by atoms with Crippen LogP contribution in [0.5, 0.6) is 0 Å². The SMILES string of the molecule is O=C(c1cccnc1-n1cccn1)N1CCCCCC1. The molecule has 0 bridgehead atoms. The topological polar surface area (TPSA) is 51.0 Å². The molecule has 1 aliphatic rings. The summed E-state index contributed by atoms with van der Waals surface area (Å²) in [4.78, 5) is 19.0. The average molecular weight is 270 g/mol. The molecule has 3 rings (SSSR count). The number of nitrogens with zero attached hydrogens (tertiary/aromatic N) is 4. The Kier molecular flexibility index (Phi) is 3.76. The van der Waals surface area contributed by atoms with Gasteiger partial charge in [0.05, 0.1) is 5.56 Å². The maximum Gasteiger partial charge on any atom is 0.257 e. The summed E-state index contributed by atoms with van der Waals surface area (Å²) in [5.74, 6) is 0.664. The molecule has 0 spiro atoms. The molecule has 1 saturated heterocycles. The maximum absolute atomic E-state index is 12.7. The van der Waals surface area contributed by atoms with Crippen molar-refractivity contribution >= 4 is 5.91 Å². The Balaban J connectivity index is 1.91. The number of carbonyl (C=O) groups excluding carboxylic acids is 1. The third-order valence-electron chi connectivity index (χ3n) is 3.63. The van der Waals surface area contributed by atoms with Crippen LogP contribution in [0.4, 0.5) is 0 Å². The molecule has 0 radical (unpaired) electrons. The third-order valence-corrected chi connectivity index (χ3v) is 3.63. The van der Waals surface area contributed by atoms with Crippen LogP contribution in [0.15, 0.2) is 36.8 Å². The lowest BCUT2D eigenvalue weighted by Gasteiger charge is -2.21. The predicted molar refractivity (Wildman–Crippen MR) is 75.7 cm³/mol. The van der Waals surface area contributed by atoms with E-state index in [0.717, 1.165) is 25.9 Å². The highest BCUT2D eigenvalue weighted by Gasteiger charge is 2.21. The number of amides is 1. The molecule has 0 atom stereocenters. The van der Waals surface area contributed by atoms with E-state index in [4.69, 9.17) is 0 Å². The van der Waals surface area contributed by atoms with E-state index >= 15 is 0 Å². The molecule has 0 N–H and O–H groups in total. The van der Waals surface area contributed by atoms with E-state index in [-0.39, 0.29) is 5.91 Å². The first kappa shape index (κ1) is 12.8. The van der Waals surface area contributed by atoms with Crippen LogP contribution in [-0.2, 0) is 0 Å². The zero-order valence-electron chi connectivity index (χ0n) is 11.4. The summed E-state index contributed by atoms with van der Waals surface area (Å²) in [5.41, 5.74) is 0.623. The van der Waals surface area contributed by atoms with Crippen LogP contribution >= 0.6 is 0 Å². The molecular weight excluding hydrogens is 252 g/mol. The van der Waals surface area contributed by atoms with Gasteiger partial charge in [0.15, 0.2) is 5.82 Å². The lowest BCUT2D eigenvalue weighted by molar-refractivity contribution is 0.0761. The van der Waals surface area contributed by atoms with Crippen molar-refractivity contribution in [2.45, 2.75) is 25.7 Å². The van der Waals surface area contributed by atoms with Gasteiger partial charge in [-0.05, 0) is 31.0 Å². The Morgan fingerprint density at radius 3 is 2.55 bits per heavy atom. The van der Waals surface area contributed by atoms with Gasteiger partial charge in [0.25, 0.3) is 5.91 Å². The number of carbonyl (C=O) groups is 1. The Labute approximate surface area is 118 Å². The highest BCUT2D eigenvalue weighted by Crippen LogP contribution is 2.17. The number of hydrogen-bond donors (Lipinski definition) is 0. The van der Waals surface area contributed by atoms with E-state index in [1.807, 2.05) is 23.2 Å². The van der Waals surface area contributed by atoms with Crippen molar-refractivity contribution < 1.29 is 4.79 Å². The Hall–Kier alpha value is -2.17. The predicted octanol–water partition coefficient (Wildman–Crippen LogP) is 2.28. The molecule has 1 amide bonds. The van der Waals surface area contributed by atoms with Gasteiger partial charge in [0.2, 0.25) is 0 Å². The zero-order valence-corrected chi connectivity index (χ0v) is 11.4. The van der Waals surface area contributed by atoms with E-state index in [9.17, 15) is 4.79 Å². The fourth-order valence-electron chi connectivity index (χ4n) is 2.58. The second-order valence-corrected chi connectivity index (χ2v) is 5.03. The molecule has 0 aliphatic carbocycles. The van der Waals surface area contributed by atoms with Gasteiger partial charge >= 0.3 is 0 Å². The van der Waals surface area contributed by atoms with Gasteiger partial charge in [-0.1, -0.05) is 12.8 Å². The van der Waals surface area contributed by atoms with Gasteiger partial charge in [-0.3, -0.25) is 4.79 Å². The van der Waals surface area contributed by atoms with E-state index in [0.29, 0.717) is 11.4 Å². The molecule has 0 saturated carbocycles. The van der Waals surface area contributed by atoms with Gasteiger partial charge in [0, 0.05) is 31.7 Å². The minimum absolute atomic E-state index is 0.0606. The average Bonchev–Trinajstić information content (AvgIpc) is 2.89. The number of pyridine rings is 1. The zero-order chi connectivity index (χ0) is 13.8. The second kappa shape index (κ2) is 5.86. The summed E-state index contributed by atoms with van der Waals surface area (Å²) in [6.45, 7) is 1.68. The van der Waals surface area contributed by atoms with Crippen molar-refractivity contribution in [1.82, 2.24) is 19.7 Å². The minimum Gasteiger partial charge on any atom is -0.339 e. The summed E-state index contributed by atoms with van der Waals surface area (Å²) in [6, 6.07) is 5.46. The summed E-state index contributed by atoms with van der Waals surface area (Å²) in [6.07, 6.45) is 9.78. The first-order valence-corrected chi connectivity index (χ1v) is 7.10. The van der Waals surface area contributed by atoms with Gasteiger partial charge in [0.1, 0.15) is 0 Å². The maximum atomic E-state index is 12.7. The van der Waals surface area contributed by atoms with Crippen molar-refractivity contribution in [3.05, 3.63) is 42.4 Å². The lowest BCUT2D eigenvalue weighted by atomic mass is 10.2. The summed E-state index contributed by atoms with van der Waals surface area (Å²) >= 11 is 0. The Bertz CT molecular complexity index is 571. The van der Waals surface area contributed by atoms with E-state index < -0.39 is 0 Å². The van der Waals surface area contributed by atoms with Crippen LogP contribution in [0.25, 0.3) is 5.82 Å². The number of aromatic nitrogens is 3. The van der Waals surface area contributed by atoms with Crippen LogP contribution in [0, 0.1) is 0 Å². The highest BCUT2D eigenvalue weighted by molar-refractivity contribution is 5.97. The molecule has 1 fully saturated rings. The first-order chi connectivity index (χ1) is 9.86. The van der Waals surface area contributed by atoms with Crippen molar-refractivity contribution in [3.63, 3.8) is 0 Å². The van der Waals surface area contributed by atoms with Crippen molar-refractivity contribution in [3.8, 4) is 5.82 Å².